The van der Waals surface area contributed by atoms with E-state index in [0.29, 0.717) is 25.2 Å². The summed E-state index contributed by atoms with van der Waals surface area (Å²) in [7, 11) is 0. The number of rotatable bonds is 10. The molecule has 0 bridgehead atoms. The van der Waals surface area contributed by atoms with Gasteiger partial charge in [-0.25, -0.2) is 9.59 Å². The van der Waals surface area contributed by atoms with E-state index >= 15 is 0 Å². The maximum Gasteiger partial charge on any atom is 0.334 e. The lowest BCUT2D eigenvalue weighted by molar-refractivity contribution is -0.141. The number of hydrogen-bond acceptors (Lipinski definition) is 4. The summed E-state index contributed by atoms with van der Waals surface area (Å²) in [6, 6.07) is 0. The van der Waals surface area contributed by atoms with Crippen molar-refractivity contribution in [2.45, 2.75) is 59.8 Å². The van der Waals surface area contributed by atoms with Gasteiger partial charge < -0.3 is 9.47 Å². The first-order chi connectivity index (χ1) is 9.51. The molecule has 0 amide bonds. The van der Waals surface area contributed by atoms with Crippen molar-refractivity contribution < 1.29 is 19.1 Å². The lowest BCUT2D eigenvalue weighted by Crippen LogP contribution is -2.13. The lowest BCUT2D eigenvalue weighted by Gasteiger charge is -2.10. The van der Waals surface area contributed by atoms with Crippen molar-refractivity contribution >= 4 is 11.9 Å². The highest BCUT2D eigenvalue weighted by atomic mass is 16.5. The number of hydrogen-bond donors (Lipinski definition) is 0. The molecule has 4 heteroatoms. The number of carbonyl (C=O) groups is 2. The fourth-order valence-electron chi connectivity index (χ4n) is 1.54. The summed E-state index contributed by atoms with van der Waals surface area (Å²) >= 11 is 0. The second-order valence-electron chi connectivity index (χ2n) is 5.28. The molecule has 4 nitrogen and oxygen atoms in total. The molecular weight excluding hydrogens is 256 g/mol. The molecule has 0 heterocycles. The largest absolute Gasteiger partial charge is 0.463 e. The van der Waals surface area contributed by atoms with Crippen molar-refractivity contribution in [1.82, 2.24) is 0 Å². The molecular formula is C16H28O4. The van der Waals surface area contributed by atoms with Crippen LogP contribution in [0.15, 0.2) is 11.6 Å². The first-order valence-electron chi connectivity index (χ1n) is 7.55. The third kappa shape index (κ3) is 9.59. The normalized spacial score (nSPS) is 11.6. The van der Waals surface area contributed by atoms with Gasteiger partial charge in [-0.2, -0.15) is 0 Å². The molecule has 0 N–H and O–H groups in total. The molecule has 0 radical (unpaired) electrons. The Kier molecular flexibility index (Phi) is 10.7. The minimum Gasteiger partial charge on any atom is -0.463 e. The summed E-state index contributed by atoms with van der Waals surface area (Å²) in [5.41, 5.74) is 0.401. The zero-order chi connectivity index (χ0) is 15.4. The van der Waals surface area contributed by atoms with Crippen molar-refractivity contribution in [2.24, 2.45) is 5.92 Å². The fraction of sp³-hybridized carbons (Fsp3) is 0.750. The minimum absolute atomic E-state index is 0.281. The third-order valence-corrected chi connectivity index (χ3v) is 2.66. The van der Waals surface area contributed by atoms with Crippen LogP contribution in [0, 0.1) is 5.92 Å². The van der Waals surface area contributed by atoms with E-state index in [1.165, 1.54) is 6.08 Å². The van der Waals surface area contributed by atoms with E-state index in [-0.39, 0.29) is 5.92 Å². The van der Waals surface area contributed by atoms with Gasteiger partial charge in [-0.05, 0) is 25.2 Å². The molecule has 0 aliphatic carbocycles. The average Bonchev–Trinajstić information content (AvgIpc) is 2.38. The van der Waals surface area contributed by atoms with Crippen LogP contribution in [0.3, 0.4) is 0 Å². The molecule has 0 fully saturated rings. The summed E-state index contributed by atoms with van der Waals surface area (Å²) in [6.07, 6.45) is 5.41. The van der Waals surface area contributed by atoms with Crippen LogP contribution in [-0.2, 0) is 19.1 Å². The van der Waals surface area contributed by atoms with Crippen molar-refractivity contribution in [3.63, 3.8) is 0 Å². The summed E-state index contributed by atoms with van der Waals surface area (Å²) in [5, 5.41) is 0. The van der Waals surface area contributed by atoms with Crippen LogP contribution in [0.4, 0.5) is 0 Å². The topological polar surface area (TPSA) is 52.6 Å². The molecule has 0 atom stereocenters. The molecule has 0 saturated heterocycles. The zero-order valence-corrected chi connectivity index (χ0v) is 13.2. The maximum absolute atomic E-state index is 11.9. The molecule has 0 aliphatic heterocycles. The van der Waals surface area contributed by atoms with Crippen LogP contribution in [0.5, 0.6) is 0 Å². The van der Waals surface area contributed by atoms with E-state index in [2.05, 4.69) is 0 Å². The molecule has 0 spiro atoms. The second kappa shape index (κ2) is 11.5. The molecule has 0 saturated carbocycles. The van der Waals surface area contributed by atoms with Gasteiger partial charge in [-0.15, -0.1) is 0 Å². The van der Waals surface area contributed by atoms with Crippen molar-refractivity contribution in [1.29, 1.82) is 0 Å². The summed E-state index contributed by atoms with van der Waals surface area (Å²) in [5.74, 6) is -0.579. The van der Waals surface area contributed by atoms with E-state index in [1.807, 2.05) is 27.7 Å². The molecule has 0 aliphatic rings. The molecule has 0 aromatic carbocycles. The van der Waals surface area contributed by atoms with Crippen LogP contribution in [0.25, 0.3) is 0 Å². The molecule has 0 aromatic heterocycles. The summed E-state index contributed by atoms with van der Waals surface area (Å²) in [4.78, 5) is 23.6. The molecule has 20 heavy (non-hydrogen) atoms. The second-order valence-corrected chi connectivity index (χ2v) is 5.28. The maximum atomic E-state index is 11.9. The van der Waals surface area contributed by atoms with E-state index in [4.69, 9.17) is 9.47 Å². The van der Waals surface area contributed by atoms with Gasteiger partial charge in [-0.3, -0.25) is 0 Å². The van der Waals surface area contributed by atoms with Crippen molar-refractivity contribution in [2.75, 3.05) is 13.2 Å². The quantitative estimate of drug-likeness (QED) is 0.349. The van der Waals surface area contributed by atoms with Crippen LogP contribution in [0.1, 0.15) is 59.8 Å². The first-order valence-corrected chi connectivity index (χ1v) is 7.55. The van der Waals surface area contributed by atoms with Crippen LogP contribution in [-0.4, -0.2) is 25.2 Å². The summed E-state index contributed by atoms with van der Waals surface area (Å²) < 4.78 is 10.2. The Labute approximate surface area is 122 Å². The van der Waals surface area contributed by atoms with Gasteiger partial charge in [0.1, 0.15) is 0 Å². The molecule has 0 rings (SSSR count). The third-order valence-electron chi connectivity index (χ3n) is 2.66. The highest BCUT2D eigenvalue weighted by Gasteiger charge is 2.15. The van der Waals surface area contributed by atoms with Crippen LogP contribution >= 0.6 is 0 Å². The number of unbranched alkanes of at least 4 members (excludes halogenated alkanes) is 2. The van der Waals surface area contributed by atoms with Gasteiger partial charge >= 0.3 is 11.9 Å². The van der Waals surface area contributed by atoms with Gasteiger partial charge in [0.2, 0.25) is 0 Å². The Hall–Kier alpha value is -1.32. The number of ether oxygens (including phenoxy) is 2. The van der Waals surface area contributed by atoms with E-state index < -0.39 is 11.9 Å². The van der Waals surface area contributed by atoms with Crippen molar-refractivity contribution in [3.8, 4) is 0 Å². The monoisotopic (exact) mass is 284 g/mol. The Morgan fingerprint density at radius 1 is 1.00 bits per heavy atom. The molecule has 0 unspecified atom stereocenters. The Balaban J connectivity index is 4.51. The standard InChI is InChI=1S/C16H28O4/c1-5-7-9-19-15(17)12-14(11-13(3)4)16(18)20-10-8-6-2/h12-13H,5-11H2,1-4H3. The van der Waals surface area contributed by atoms with Gasteiger partial charge in [0.05, 0.1) is 13.2 Å². The minimum atomic E-state index is -0.457. The smallest absolute Gasteiger partial charge is 0.334 e. The van der Waals surface area contributed by atoms with Crippen LogP contribution < -0.4 is 0 Å². The SMILES string of the molecule is CCCCOC(=O)C=C(CC(C)C)C(=O)OCCCC. The Morgan fingerprint density at radius 2 is 1.55 bits per heavy atom. The first kappa shape index (κ1) is 18.7. The Morgan fingerprint density at radius 3 is 2.05 bits per heavy atom. The van der Waals surface area contributed by atoms with Gasteiger partial charge in [-0.1, -0.05) is 40.5 Å². The van der Waals surface area contributed by atoms with Gasteiger partial charge in [0.15, 0.2) is 0 Å². The van der Waals surface area contributed by atoms with Gasteiger partial charge in [0, 0.05) is 11.6 Å². The van der Waals surface area contributed by atoms with E-state index in [0.717, 1.165) is 25.7 Å². The van der Waals surface area contributed by atoms with E-state index in [9.17, 15) is 9.59 Å². The number of carbonyl (C=O) groups excluding carboxylic acids is 2. The van der Waals surface area contributed by atoms with Gasteiger partial charge in [0.25, 0.3) is 0 Å². The highest BCUT2D eigenvalue weighted by molar-refractivity contribution is 5.96. The predicted octanol–water partition coefficient (Wildman–Crippen LogP) is 3.65. The zero-order valence-electron chi connectivity index (χ0n) is 13.2. The summed E-state index contributed by atoms with van der Waals surface area (Å²) in [6.45, 7) is 8.84. The van der Waals surface area contributed by atoms with Crippen LogP contribution in [0.2, 0.25) is 0 Å². The predicted molar refractivity (Wildman–Crippen MR) is 79.3 cm³/mol. The highest BCUT2D eigenvalue weighted by Crippen LogP contribution is 2.13. The number of esters is 2. The lowest BCUT2D eigenvalue weighted by atomic mass is 10.0. The Bertz CT molecular complexity index is 318. The average molecular weight is 284 g/mol. The molecule has 0 aromatic rings. The fourth-order valence-corrected chi connectivity index (χ4v) is 1.54. The van der Waals surface area contributed by atoms with Crippen molar-refractivity contribution in [3.05, 3.63) is 11.6 Å². The van der Waals surface area contributed by atoms with E-state index in [1.54, 1.807) is 0 Å². The molecule has 116 valence electrons.